The lowest BCUT2D eigenvalue weighted by Crippen LogP contribution is -2.20. The van der Waals surface area contributed by atoms with E-state index in [2.05, 4.69) is 10.4 Å². The summed E-state index contributed by atoms with van der Waals surface area (Å²) in [7, 11) is 1.81. The van der Waals surface area contributed by atoms with E-state index in [0.29, 0.717) is 5.69 Å². The molecule has 8 heteroatoms. The molecule has 0 aliphatic heterocycles. The van der Waals surface area contributed by atoms with Crippen molar-refractivity contribution in [1.82, 2.24) is 9.78 Å². The van der Waals surface area contributed by atoms with E-state index in [0.717, 1.165) is 23.0 Å². The molecule has 25 heavy (non-hydrogen) atoms. The number of hydrogen-bond donors (Lipinski definition) is 1. The summed E-state index contributed by atoms with van der Waals surface area (Å²) in [6.07, 6.45) is 2.83. The third-order valence-corrected chi connectivity index (χ3v) is 3.79. The average molecular weight is 366 g/mol. The molecule has 1 aromatic carbocycles. The summed E-state index contributed by atoms with van der Waals surface area (Å²) in [6.45, 7) is 3.24. The number of nitrogens with zero attached hydrogens (tertiary/aromatic N) is 2. The summed E-state index contributed by atoms with van der Waals surface area (Å²) in [5.74, 6) is -1.80. The fourth-order valence-electron chi connectivity index (χ4n) is 2.14. The number of carbonyl (C=O) groups is 2. The molecule has 2 rings (SSSR count). The van der Waals surface area contributed by atoms with Gasteiger partial charge >= 0.3 is 5.97 Å². The Morgan fingerprint density at radius 1 is 1.40 bits per heavy atom. The lowest BCUT2D eigenvalue weighted by Gasteiger charge is -2.06. The van der Waals surface area contributed by atoms with E-state index >= 15 is 0 Å². The first-order valence-electron chi connectivity index (χ1n) is 7.38. The fraction of sp³-hybridized carbons (Fsp3) is 0.235. The SMILES string of the molecule is Cc1nn(C)c(C)c1/C=C/C(=O)OCC(=O)Nc1ccc(F)c(Cl)c1. The number of benzene rings is 1. The summed E-state index contributed by atoms with van der Waals surface area (Å²) in [5, 5.41) is 6.58. The lowest BCUT2D eigenvalue weighted by molar-refractivity contribution is -0.142. The maximum Gasteiger partial charge on any atom is 0.331 e. The van der Waals surface area contributed by atoms with Crippen molar-refractivity contribution in [3.05, 3.63) is 52.1 Å². The van der Waals surface area contributed by atoms with Crippen molar-refractivity contribution in [1.29, 1.82) is 0 Å². The zero-order valence-corrected chi connectivity index (χ0v) is 14.7. The first-order chi connectivity index (χ1) is 11.8. The number of aromatic nitrogens is 2. The van der Waals surface area contributed by atoms with Gasteiger partial charge in [0, 0.05) is 30.1 Å². The second kappa shape index (κ2) is 7.94. The van der Waals surface area contributed by atoms with Crippen LogP contribution in [-0.4, -0.2) is 28.3 Å². The highest BCUT2D eigenvalue weighted by Gasteiger charge is 2.09. The number of anilines is 1. The maximum atomic E-state index is 13.0. The van der Waals surface area contributed by atoms with Crippen molar-refractivity contribution >= 4 is 35.2 Å². The molecule has 0 atom stereocenters. The summed E-state index contributed by atoms with van der Waals surface area (Å²) < 4.78 is 19.6. The molecular formula is C17H17ClFN3O3. The van der Waals surface area contributed by atoms with Crippen LogP contribution < -0.4 is 5.32 Å². The van der Waals surface area contributed by atoms with E-state index in [1.165, 1.54) is 18.2 Å². The minimum atomic E-state index is -0.657. The molecule has 0 aliphatic carbocycles. The van der Waals surface area contributed by atoms with Crippen molar-refractivity contribution < 1.29 is 18.7 Å². The highest BCUT2D eigenvalue weighted by atomic mass is 35.5. The number of amides is 1. The van der Waals surface area contributed by atoms with Gasteiger partial charge in [0.15, 0.2) is 6.61 Å². The predicted octanol–water partition coefficient (Wildman–Crippen LogP) is 3.02. The number of ether oxygens (including phenoxy) is 1. The monoisotopic (exact) mass is 365 g/mol. The molecule has 1 N–H and O–H groups in total. The molecule has 0 saturated carbocycles. The van der Waals surface area contributed by atoms with Crippen LogP contribution >= 0.6 is 11.6 Å². The largest absolute Gasteiger partial charge is 0.452 e. The van der Waals surface area contributed by atoms with Crippen LogP contribution in [0.2, 0.25) is 5.02 Å². The van der Waals surface area contributed by atoms with Gasteiger partial charge in [-0.2, -0.15) is 5.10 Å². The van der Waals surface area contributed by atoms with Crippen LogP contribution in [0.15, 0.2) is 24.3 Å². The van der Waals surface area contributed by atoms with E-state index in [1.807, 2.05) is 20.9 Å². The van der Waals surface area contributed by atoms with Gasteiger partial charge in [-0.15, -0.1) is 0 Å². The molecule has 0 saturated heterocycles. The molecule has 132 valence electrons. The van der Waals surface area contributed by atoms with Crippen LogP contribution in [-0.2, 0) is 21.4 Å². The summed E-state index contributed by atoms with van der Waals surface area (Å²) in [5.41, 5.74) is 2.83. The van der Waals surface area contributed by atoms with E-state index < -0.39 is 24.3 Å². The van der Waals surface area contributed by atoms with Gasteiger partial charge in [0.1, 0.15) is 5.82 Å². The van der Waals surface area contributed by atoms with Crippen molar-refractivity contribution in [2.24, 2.45) is 7.05 Å². The number of esters is 1. The molecule has 6 nitrogen and oxygen atoms in total. The molecule has 0 fully saturated rings. The first-order valence-corrected chi connectivity index (χ1v) is 7.75. The standard InChI is InChI=1S/C17H17ClFN3O3/c1-10-13(11(2)22(3)21-10)5-7-17(24)25-9-16(23)20-12-4-6-15(19)14(18)8-12/h4-8H,9H2,1-3H3,(H,20,23)/b7-5+. The van der Waals surface area contributed by atoms with Crippen LogP contribution in [0.5, 0.6) is 0 Å². The van der Waals surface area contributed by atoms with Gasteiger partial charge in [0.25, 0.3) is 5.91 Å². The number of rotatable bonds is 5. The van der Waals surface area contributed by atoms with Gasteiger partial charge in [-0.1, -0.05) is 11.6 Å². The van der Waals surface area contributed by atoms with Gasteiger partial charge < -0.3 is 10.1 Å². The molecule has 0 bridgehead atoms. The normalized spacial score (nSPS) is 10.9. The van der Waals surface area contributed by atoms with E-state index in [9.17, 15) is 14.0 Å². The zero-order chi connectivity index (χ0) is 18.6. The van der Waals surface area contributed by atoms with Gasteiger partial charge in [-0.05, 0) is 38.1 Å². The Morgan fingerprint density at radius 2 is 2.12 bits per heavy atom. The quantitative estimate of drug-likeness (QED) is 0.653. The van der Waals surface area contributed by atoms with E-state index in [-0.39, 0.29) is 5.02 Å². The maximum absolute atomic E-state index is 13.0. The molecule has 0 radical (unpaired) electrons. The predicted molar refractivity (Wildman–Crippen MR) is 92.7 cm³/mol. The zero-order valence-electron chi connectivity index (χ0n) is 14.0. The molecule has 1 amide bonds. The summed E-state index contributed by atoms with van der Waals surface area (Å²) in [6, 6.07) is 3.75. The topological polar surface area (TPSA) is 73.2 Å². The smallest absolute Gasteiger partial charge is 0.331 e. The number of hydrogen-bond acceptors (Lipinski definition) is 4. The second-order valence-electron chi connectivity index (χ2n) is 5.33. The Bertz CT molecular complexity index is 846. The summed E-state index contributed by atoms with van der Waals surface area (Å²) >= 11 is 5.62. The lowest BCUT2D eigenvalue weighted by atomic mass is 10.2. The van der Waals surface area contributed by atoms with Crippen molar-refractivity contribution in [3.63, 3.8) is 0 Å². The van der Waals surface area contributed by atoms with Crippen molar-refractivity contribution in [3.8, 4) is 0 Å². The van der Waals surface area contributed by atoms with Crippen LogP contribution in [0.4, 0.5) is 10.1 Å². The van der Waals surface area contributed by atoms with Crippen molar-refractivity contribution in [2.75, 3.05) is 11.9 Å². The Labute approximate surface area is 149 Å². The third kappa shape index (κ3) is 4.90. The molecule has 1 aromatic heterocycles. The highest BCUT2D eigenvalue weighted by Crippen LogP contribution is 2.19. The van der Waals surface area contributed by atoms with Gasteiger partial charge in [0.05, 0.1) is 10.7 Å². The Hall–Kier alpha value is -2.67. The van der Waals surface area contributed by atoms with E-state index in [1.54, 1.807) is 10.8 Å². The van der Waals surface area contributed by atoms with Crippen LogP contribution in [0, 0.1) is 19.7 Å². The average Bonchev–Trinajstić information content (AvgIpc) is 2.79. The number of halogens is 2. The van der Waals surface area contributed by atoms with Crippen LogP contribution in [0.3, 0.4) is 0 Å². The Balaban J connectivity index is 1.87. The minimum absolute atomic E-state index is 0.111. The van der Waals surface area contributed by atoms with Gasteiger partial charge in [0.2, 0.25) is 0 Å². The number of nitrogens with one attached hydrogen (secondary N) is 1. The van der Waals surface area contributed by atoms with Gasteiger partial charge in [-0.3, -0.25) is 9.48 Å². The van der Waals surface area contributed by atoms with Crippen LogP contribution in [0.25, 0.3) is 6.08 Å². The highest BCUT2D eigenvalue weighted by molar-refractivity contribution is 6.31. The molecule has 0 spiro atoms. The Morgan fingerprint density at radius 3 is 2.72 bits per heavy atom. The van der Waals surface area contributed by atoms with Crippen molar-refractivity contribution in [2.45, 2.75) is 13.8 Å². The van der Waals surface area contributed by atoms with Gasteiger partial charge in [-0.25, -0.2) is 9.18 Å². The summed E-state index contributed by atoms with van der Waals surface area (Å²) in [4.78, 5) is 23.5. The molecule has 1 heterocycles. The molecular weight excluding hydrogens is 349 g/mol. The molecule has 0 unspecified atom stereocenters. The second-order valence-corrected chi connectivity index (χ2v) is 5.73. The first kappa shape index (κ1) is 18.7. The fourth-order valence-corrected chi connectivity index (χ4v) is 2.32. The van der Waals surface area contributed by atoms with E-state index in [4.69, 9.17) is 16.3 Å². The Kier molecular flexibility index (Phi) is 5.93. The number of aryl methyl sites for hydroxylation is 2. The third-order valence-electron chi connectivity index (χ3n) is 3.50. The number of carbonyl (C=O) groups excluding carboxylic acids is 2. The molecule has 0 aliphatic rings. The minimum Gasteiger partial charge on any atom is -0.452 e. The van der Waals surface area contributed by atoms with Crippen LogP contribution in [0.1, 0.15) is 17.0 Å². The molecule has 2 aromatic rings.